The molecule has 1 saturated carbocycles. The van der Waals surface area contributed by atoms with E-state index in [0.29, 0.717) is 11.5 Å². The first-order valence-corrected chi connectivity index (χ1v) is 6.77. The zero-order valence-electron chi connectivity index (χ0n) is 10.6. The largest absolute Gasteiger partial charge is 0.382 e. The van der Waals surface area contributed by atoms with E-state index in [2.05, 4.69) is 22.8 Å². The summed E-state index contributed by atoms with van der Waals surface area (Å²) in [5.74, 6) is 0. The molecule has 3 heteroatoms. The van der Waals surface area contributed by atoms with Crippen LogP contribution in [0.2, 0.25) is 0 Å². The fourth-order valence-electron chi connectivity index (χ4n) is 3.43. The van der Waals surface area contributed by atoms with Crippen molar-refractivity contribution in [2.75, 3.05) is 18.4 Å². The molecule has 1 aromatic rings. The van der Waals surface area contributed by atoms with E-state index in [4.69, 9.17) is 5.26 Å². The van der Waals surface area contributed by atoms with Crippen LogP contribution in [0.25, 0.3) is 0 Å². The van der Waals surface area contributed by atoms with Crippen molar-refractivity contribution < 1.29 is 0 Å². The average Bonchev–Trinajstić information content (AvgIpc) is 3.01. The monoisotopic (exact) mass is 241 g/mol. The zero-order valence-corrected chi connectivity index (χ0v) is 10.6. The number of nitriles is 1. The van der Waals surface area contributed by atoms with Gasteiger partial charge in [0.05, 0.1) is 11.6 Å². The second kappa shape index (κ2) is 4.62. The van der Waals surface area contributed by atoms with Crippen LogP contribution in [-0.2, 0) is 0 Å². The number of nitrogens with zero attached hydrogens (tertiary/aromatic N) is 1. The Kier molecular flexibility index (Phi) is 2.97. The van der Waals surface area contributed by atoms with Gasteiger partial charge in [-0.3, -0.25) is 0 Å². The molecule has 1 heterocycles. The van der Waals surface area contributed by atoms with Crippen LogP contribution in [0.4, 0.5) is 5.69 Å². The minimum atomic E-state index is 0.546. The predicted molar refractivity (Wildman–Crippen MR) is 72.3 cm³/mol. The van der Waals surface area contributed by atoms with Gasteiger partial charge < -0.3 is 10.6 Å². The summed E-state index contributed by atoms with van der Waals surface area (Å²) in [4.78, 5) is 0. The molecule has 2 N–H and O–H groups in total. The number of nitrogens with one attached hydrogen (secondary N) is 2. The summed E-state index contributed by atoms with van der Waals surface area (Å²) in [6, 6.07) is 10.6. The molecule has 0 aromatic heterocycles. The van der Waals surface area contributed by atoms with E-state index in [9.17, 15) is 0 Å². The Morgan fingerprint density at radius 3 is 3.11 bits per heavy atom. The summed E-state index contributed by atoms with van der Waals surface area (Å²) in [7, 11) is 0. The van der Waals surface area contributed by atoms with Crippen molar-refractivity contribution in [3.05, 3.63) is 29.8 Å². The standard InChI is InChI=1S/C15H19N3/c16-10-12-2-1-3-13(8-12)18-14-4-5-15(9-14)6-7-17-11-15/h1-3,8,14,17-18H,4-7,9,11H2. The fraction of sp³-hybridized carbons (Fsp3) is 0.533. The van der Waals surface area contributed by atoms with Gasteiger partial charge in [0.1, 0.15) is 0 Å². The van der Waals surface area contributed by atoms with Crippen LogP contribution in [-0.4, -0.2) is 19.1 Å². The van der Waals surface area contributed by atoms with Crippen molar-refractivity contribution in [3.8, 4) is 6.07 Å². The molecule has 18 heavy (non-hydrogen) atoms. The summed E-state index contributed by atoms with van der Waals surface area (Å²) < 4.78 is 0. The Balaban J connectivity index is 1.65. The molecule has 3 rings (SSSR count). The topological polar surface area (TPSA) is 47.9 Å². The molecule has 0 bridgehead atoms. The van der Waals surface area contributed by atoms with Gasteiger partial charge in [0.2, 0.25) is 0 Å². The van der Waals surface area contributed by atoms with Gasteiger partial charge in [0.25, 0.3) is 0 Å². The lowest BCUT2D eigenvalue weighted by Crippen LogP contribution is -2.23. The number of hydrogen-bond acceptors (Lipinski definition) is 3. The highest BCUT2D eigenvalue weighted by molar-refractivity contribution is 5.49. The van der Waals surface area contributed by atoms with Crippen LogP contribution in [0.15, 0.2) is 24.3 Å². The van der Waals surface area contributed by atoms with Gasteiger partial charge in [0, 0.05) is 18.3 Å². The van der Waals surface area contributed by atoms with E-state index in [0.717, 1.165) is 11.3 Å². The van der Waals surface area contributed by atoms with Gasteiger partial charge >= 0.3 is 0 Å². The Labute approximate surface area is 108 Å². The van der Waals surface area contributed by atoms with Crippen LogP contribution in [0.3, 0.4) is 0 Å². The molecule has 1 aromatic carbocycles. The van der Waals surface area contributed by atoms with Gasteiger partial charge in [-0.05, 0) is 55.8 Å². The lowest BCUT2D eigenvalue weighted by molar-refractivity contribution is 0.333. The van der Waals surface area contributed by atoms with Crippen LogP contribution >= 0.6 is 0 Å². The second-order valence-electron chi connectivity index (χ2n) is 5.70. The smallest absolute Gasteiger partial charge is 0.0992 e. The molecule has 2 atom stereocenters. The van der Waals surface area contributed by atoms with Crippen LogP contribution in [0.1, 0.15) is 31.2 Å². The quantitative estimate of drug-likeness (QED) is 0.836. The first kappa shape index (κ1) is 11.6. The molecule has 2 aliphatic rings. The van der Waals surface area contributed by atoms with E-state index in [1.54, 1.807) is 0 Å². The van der Waals surface area contributed by atoms with E-state index in [-0.39, 0.29) is 0 Å². The average molecular weight is 241 g/mol. The molecular formula is C15H19N3. The third-order valence-electron chi connectivity index (χ3n) is 4.40. The number of rotatable bonds is 2. The molecule has 1 aliphatic carbocycles. The summed E-state index contributed by atoms with van der Waals surface area (Å²) in [6.07, 6.45) is 5.16. The van der Waals surface area contributed by atoms with Crippen molar-refractivity contribution in [1.29, 1.82) is 5.26 Å². The maximum Gasteiger partial charge on any atom is 0.0992 e. The third-order valence-corrected chi connectivity index (χ3v) is 4.40. The molecule has 0 radical (unpaired) electrons. The Morgan fingerprint density at radius 2 is 2.33 bits per heavy atom. The van der Waals surface area contributed by atoms with Gasteiger partial charge in [-0.2, -0.15) is 5.26 Å². The number of hydrogen-bond donors (Lipinski definition) is 2. The molecule has 2 fully saturated rings. The Bertz CT molecular complexity index is 469. The molecule has 1 saturated heterocycles. The maximum absolute atomic E-state index is 8.90. The second-order valence-corrected chi connectivity index (χ2v) is 5.70. The summed E-state index contributed by atoms with van der Waals surface area (Å²) in [6.45, 7) is 2.36. The van der Waals surface area contributed by atoms with Crippen LogP contribution in [0, 0.1) is 16.7 Å². The van der Waals surface area contributed by atoms with E-state index < -0.39 is 0 Å². The summed E-state index contributed by atoms with van der Waals surface area (Å²) >= 11 is 0. The first-order valence-electron chi connectivity index (χ1n) is 6.77. The van der Waals surface area contributed by atoms with Crippen molar-refractivity contribution in [2.45, 2.75) is 31.7 Å². The van der Waals surface area contributed by atoms with Crippen molar-refractivity contribution in [2.24, 2.45) is 5.41 Å². The lowest BCUT2D eigenvalue weighted by Gasteiger charge is -2.22. The van der Waals surface area contributed by atoms with Crippen LogP contribution in [0.5, 0.6) is 0 Å². The van der Waals surface area contributed by atoms with Crippen molar-refractivity contribution >= 4 is 5.69 Å². The molecule has 3 nitrogen and oxygen atoms in total. The van der Waals surface area contributed by atoms with Gasteiger partial charge in [-0.1, -0.05) is 6.07 Å². The molecule has 94 valence electrons. The minimum absolute atomic E-state index is 0.546. The SMILES string of the molecule is N#Cc1cccc(NC2CCC3(CCNC3)C2)c1. The lowest BCUT2D eigenvalue weighted by atomic mass is 9.85. The third kappa shape index (κ3) is 2.21. The van der Waals surface area contributed by atoms with E-state index in [1.165, 1.54) is 38.8 Å². The van der Waals surface area contributed by atoms with Gasteiger partial charge in [-0.15, -0.1) is 0 Å². The molecular weight excluding hydrogens is 222 g/mol. The molecule has 0 amide bonds. The normalized spacial score (nSPS) is 30.5. The molecule has 2 unspecified atom stereocenters. The van der Waals surface area contributed by atoms with Gasteiger partial charge in [0.15, 0.2) is 0 Å². The Hall–Kier alpha value is -1.53. The predicted octanol–water partition coefficient (Wildman–Crippen LogP) is 2.50. The minimum Gasteiger partial charge on any atom is -0.382 e. The highest BCUT2D eigenvalue weighted by atomic mass is 15.0. The first-order chi connectivity index (χ1) is 8.80. The van der Waals surface area contributed by atoms with Crippen molar-refractivity contribution in [1.82, 2.24) is 5.32 Å². The van der Waals surface area contributed by atoms with E-state index in [1.807, 2.05) is 18.2 Å². The summed E-state index contributed by atoms with van der Waals surface area (Å²) in [5.41, 5.74) is 2.36. The summed E-state index contributed by atoms with van der Waals surface area (Å²) in [5, 5.41) is 16.0. The van der Waals surface area contributed by atoms with Crippen molar-refractivity contribution in [3.63, 3.8) is 0 Å². The Morgan fingerprint density at radius 1 is 1.39 bits per heavy atom. The highest BCUT2D eigenvalue weighted by Gasteiger charge is 2.40. The number of benzene rings is 1. The van der Waals surface area contributed by atoms with E-state index >= 15 is 0 Å². The molecule has 1 aliphatic heterocycles. The fourth-order valence-corrected chi connectivity index (χ4v) is 3.43. The maximum atomic E-state index is 8.90. The number of anilines is 1. The van der Waals surface area contributed by atoms with Crippen LogP contribution < -0.4 is 10.6 Å². The van der Waals surface area contributed by atoms with Gasteiger partial charge in [-0.25, -0.2) is 0 Å². The zero-order chi connectivity index (χ0) is 12.4. The highest BCUT2D eigenvalue weighted by Crippen LogP contribution is 2.43. The molecule has 1 spiro atoms.